The van der Waals surface area contributed by atoms with Gasteiger partial charge in [0.05, 0.1) is 37.9 Å². The van der Waals surface area contributed by atoms with Gasteiger partial charge in [-0.05, 0) is 99.6 Å². The van der Waals surface area contributed by atoms with Gasteiger partial charge in [0.15, 0.2) is 0 Å². The second-order valence-corrected chi connectivity index (χ2v) is 18.7. The molecule has 0 atom stereocenters. The van der Waals surface area contributed by atoms with Crippen molar-refractivity contribution in [1.82, 2.24) is 29.9 Å². The molecule has 7 aromatic carbocycles. The first-order valence-corrected chi connectivity index (χ1v) is 28.8. The number of aromatic nitrogens is 7. The van der Waals surface area contributed by atoms with Gasteiger partial charge in [-0.3, -0.25) is 4.99 Å². The molecule has 0 saturated heterocycles. The zero-order valence-corrected chi connectivity index (χ0v) is 52.9. The van der Waals surface area contributed by atoms with Crippen molar-refractivity contribution in [2.24, 2.45) is 12.0 Å². The number of imidazole rings is 3. The van der Waals surface area contributed by atoms with Crippen molar-refractivity contribution in [3.63, 3.8) is 0 Å². The summed E-state index contributed by atoms with van der Waals surface area (Å²) in [6.45, 7) is 29.3. The van der Waals surface area contributed by atoms with E-state index in [1.807, 2.05) is 193 Å². The van der Waals surface area contributed by atoms with Gasteiger partial charge in [-0.15, -0.1) is 0 Å². The number of para-hydroxylation sites is 5. The van der Waals surface area contributed by atoms with Crippen molar-refractivity contribution in [1.29, 1.82) is 6.53 Å². The molecule has 440 valence electrons. The largest absolute Gasteiger partial charge is 0.384 e. The maximum absolute atomic E-state index is 6.92. The number of hydrogen-bond acceptors (Lipinski definition) is 6. The Morgan fingerprint density at radius 3 is 1.64 bits per heavy atom. The molecule has 85 heavy (non-hydrogen) atoms. The summed E-state index contributed by atoms with van der Waals surface area (Å²) in [6, 6.07) is 58.8. The minimum Gasteiger partial charge on any atom is -0.384 e. The predicted molar refractivity (Wildman–Crippen MR) is 371 cm³/mol. The Morgan fingerprint density at radius 1 is 0.659 bits per heavy atom. The Kier molecular flexibility index (Phi) is 35.8. The van der Waals surface area contributed by atoms with Gasteiger partial charge in [-0.25, -0.2) is 19.5 Å². The van der Waals surface area contributed by atoms with E-state index in [0.29, 0.717) is 0 Å². The molecule has 2 aliphatic heterocycles. The van der Waals surface area contributed by atoms with E-state index < -0.39 is 0 Å². The van der Waals surface area contributed by atoms with Crippen molar-refractivity contribution < 1.29 is 14.6 Å². The maximum Gasteiger partial charge on any atom is 0.241 e. The average Bonchev–Trinajstić information content (AvgIpc) is 4.50. The molecular formula is C70H84N12PS2+. The summed E-state index contributed by atoms with van der Waals surface area (Å²) in [5, 5.41) is 11.5. The van der Waals surface area contributed by atoms with E-state index in [1.165, 1.54) is 73.9 Å². The van der Waals surface area contributed by atoms with E-state index in [-0.39, 0.29) is 0 Å². The summed E-state index contributed by atoms with van der Waals surface area (Å²) in [5.41, 5.74) is 18.9. The van der Waals surface area contributed by atoms with Crippen LogP contribution in [-0.4, -0.2) is 63.4 Å². The van der Waals surface area contributed by atoms with E-state index in [2.05, 4.69) is 165 Å². The first-order valence-electron chi connectivity index (χ1n) is 27.6. The Hall–Kier alpha value is -9.20. The molecule has 15 heteroatoms. The van der Waals surface area contributed by atoms with Crippen LogP contribution in [0.4, 0.5) is 22.7 Å². The van der Waals surface area contributed by atoms with E-state index in [9.17, 15) is 0 Å². The standard InChI is InChI=1S/C9H10.C8H9N.2C8H7N.3C8H9N.C5H8N2.2C4H6N2.HPS.H2S/c1-3-9-7-5-4-6-8(9)2;3*1-2-4-8-7(3-1)5-6-9-8;2*1-7-5-3-4-6-8(7)9-2;1-7-3-2-4-8(5-7)6-9;1-5-3-6-4-7(5)2;2*1-4-2-5-3-6-4;1-2;/h3-7H,1H2,2H3;1-4,9H,5-6H2;1-4,6H,5H2;1-6,9H;3*2-6,9H,1H3;3-4H,1-2H3;2*2-3H,1H3,(H,5,6);1H;1H2/p+1/i/hD. The van der Waals surface area contributed by atoms with Gasteiger partial charge >= 0.3 is 0 Å². The Bertz CT molecular complexity index is 3370. The molecule has 0 fully saturated rings. The fourth-order valence-corrected chi connectivity index (χ4v) is 7.46. The normalized spacial score (nSPS) is 10.1. The molecule has 0 spiro atoms. The molecule has 11 aromatic rings. The Balaban J connectivity index is 0.000000325. The maximum atomic E-state index is 6.92. The highest BCUT2D eigenvalue weighted by Crippen LogP contribution is 2.22. The number of aliphatic imine (C=N–C) groups is 1. The lowest BCUT2D eigenvalue weighted by atomic mass is 10.1. The van der Waals surface area contributed by atoms with Crippen LogP contribution in [0.15, 0.2) is 231 Å². The van der Waals surface area contributed by atoms with E-state index >= 15 is 0 Å². The lowest BCUT2D eigenvalue weighted by Crippen LogP contribution is -2.58. The molecule has 2 aliphatic rings. The number of nitrogens with zero attached hydrogens (tertiary/aromatic N) is 4. The Morgan fingerprint density at radius 2 is 1.21 bits per heavy atom. The number of aryl methyl sites for hydroxylation is 8. The molecular weight excluding hydrogens is 1100 g/mol. The fourth-order valence-electron chi connectivity index (χ4n) is 7.46. The SMILES string of the molecule is C1=Nc2ccccc2C1.C=Cc1ccccc1C.Cc1c[nH]c[n+]1C.Cc1cccc(C=N)c1.Cc1cnc[nH]1.Cc1cnc[nH]1.P=S.[2H]S.[CH-]=[NH+]c1ccccc1C.[CH-]=[NH+]c1ccccc1C.c1ccc2[nH]ccc2c1.c1ccc2c(c1)CCN2. The highest BCUT2D eigenvalue weighted by molar-refractivity contribution is 7.88. The monoisotopic (exact) mass is 1190 g/mol. The Labute approximate surface area is 519 Å². The lowest BCUT2D eigenvalue weighted by molar-refractivity contribution is -0.676. The van der Waals surface area contributed by atoms with Crippen LogP contribution in [0.25, 0.3) is 17.0 Å². The zero-order valence-electron chi connectivity index (χ0n) is 51.1. The number of benzene rings is 7. The quantitative estimate of drug-likeness (QED) is 0.0380. The van der Waals surface area contributed by atoms with Crippen LogP contribution in [0.2, 0.25) is 0 Å². The third-order valence-corrected chi connectivity index (χ3v) is 12.3. The van der Waals surface area contributed by atoms with Crippen molar-refractivity contribution >= 4 is 98.8 Å². The summed E-state index contributed by atoms with van der Waals surface area (Å²) >= 11 is 6.67. The van der Waals surface area contributed by atoms with Gasteiger partial charge < -0.3 is 35.7 Å². The van der Waals surface area contributed by atoms with Crippen LogP contribution < -0.4 is 19.9 Å². The smallest absolute Gasteiger partial charge is 0.241 e. The third-order valence-electron chi connectivity index (χ3n) is 12.3. The van der Waals surface area contributed by atoms with E-state index in [1.54, 1.807) is 25.0 Å². The second kappa shape index (κ2) is 43.5. The third kappa shape index (κ3) is 29.1. The van der Waals surface area contributed by atoms with Crippen LogP contribution in [0.3, 0.4) is 0 Å². The van der Waals surface area contributed by atoms with Gasteiger partial charge in [0.25, 0.3) is 0 Å². The van der Waals surface area contributed by atoms with Gasteiger partial charge in [0.2, 0.25) is 6.33 Å². The number of hydrogen-bond donors (Lipinski definition) is 8. The van der Waals surface area contributed by atoms with Gasteiger partial charge in [-0.2, -0.15) is 13.4 Å². The van der Waals surface area contributed by atoms with Gasteiger partial charge in [0.1, 0.15) is 11.9 Å². The van der Waals surface area contributed by atoms with Gasteiger partial charge in [0, 0.05) is 86.9 Å². The summed E-state index contributed by atoms with van der Waals surface area (Å²) in [4.78, 5) is 28.8. The van der Waals surface area contributed by atoms with Crippen molar-refractivity contribution in [3.8, 4) is 0 Å². The number of aromatic amines is 4. The predicted octanol–water partition coefficient (Wildman–Crippen LogP) is 13.3. The molecule has 4 aromatic heterocycles. The molecule has 13 rings (SSSR count). The molecule has 0 aliphatic carbocycles. The van der Waals surface area contributed by atoms with Crippen LogP contribution in [-0.2, 0) is 31.7 Å². The summed E-state index contributed by atoms with van der Waals surface area (Å²) < 4.78 is 7.47. The summed E-state index contributed by atoms with van der Waals surface area (Å²) in [7, 11) is 4.56. The highest BCUT2D eigenvalue weighted by Gasteiger charge is 2.06. The van der Waals surface area contributed by atoms with Crippen molar-refractivity contribution in [2.45, 2.75) is 61.3 Å². The fraction of sp³-hybridized carbons (Fsp3) is 0.157. The van der Waals surface area contributed by atoms with Crippen LogP contribution >= 0.6 is 21.4 Å². The highest BCUT2D eigenvalue weighted by atomic mass is 32.4. The lowest BCUT2D eigenvalue weighted by Gasteiger charge is -1.97. The molecule has 0 bridgehead atoms. The minimum atomic E-state index is 0.968. The minimum absolute atomic E-state index is 0.968. The van der Waals surface area contributed by atoms with Crippen molar-refractivity contribution in [3.05, 3.63) is 288 Å². The molecule has 0 unspecified atom stereocenters. The molecule has 6 heterocycles. The second-order valence-electron chi connectivity index (χ2n) is 18.7. The van der Waals surface area contributed by atoms with Crippen molar-refractivity contribution in [2.75, 3.05) is 11.9 Å². The number of nitrogens with one attached hydrogen (secondary N) is 8. The van der Waals surface area contributed by atoms with E-state index in [4.69, 9.17) is 20.0 Å². The number of rotatable bonds is 4. The zero-order chi connectivity index (χ0) is 63.2. The van der Waals surface area contributed by atoms with Crippen LogP contribution in [0, 0.1) is 53.9 Å². The average molecular weight is 1190 g/mol. The molecule has 0 amide bonds. The molecule has 0 radical (unpaired) electrons. The van der Waals surface area contributed by atoms with Crippen LogP contribution in [0.5, 0.6) is 0 Å². The summed E-state index contributed by atoms with van der Waals surface area (Å²) in [6.07, 6.45) is 20.1. The number of H-pyrrole nitrogens is 4. The van der Waals surface area contributed by atoms with E-state index in [0.717, 1.165) is 47.0 Å². The topological polar surface area (TPSA) is 169 Å². The first-order chi connectivity index (χ1) is 41.8. The summed E-state index contributed by atoms with van der Waals surface area (Å²) in [5.74, 6) is 0. The van der Waals surface area contributed by atoms with Gasteiger partial charge in [-0.1, -0.05) is 207 Å². The van der Waals surface area contributed by atoms with Crippen LogP contribution in [0.1, 0.15) is 61.6 Å². The first kappa shape index (κ1) is 70.1. The molecule has 12 nitrogen and oxygen atoms in total. The number of anilines is 1. The molecule has 8 N–H and O–H groups in total. The number of fused-ring (bicyclic) bond motifs is 3. The molecule has 0 saturated carbocycles.